The van der Waals surface area contributed by atoms with Crippen molar-refractivity contribution >= 4 is 24.8 Å². The molecule has 1 aliphatic rings. The van der Waals surface area contributed by atoms with Crippen LogP contribution in [0.5, 0.6) is 0 Å². The Morgan fingerprint density at radius 1 is 1.14 bits per heavy atom. The highest BCUT2D eigenvalue weighted by molar-refractivity contribution is 7.46. The van der Waals surface area contributed by atoms with Gasteiger partial charge in [0.15, 0.2) is 29.5 Å². The second-order valence-corrected chi connectivity index (χ2v) is 7.55. The molecule has 3 heterocycles. The molecule has 1 saturated heterocycles. The van der Waals surface area contributed by atoms with Gasteiger partial charge < -0.3 is 30.1 Å². The predicted molar refractivity (Wildman–Crippen MR) is 98.1 cm³/mol. The number of aliphatic hydroxyl groups is 2. The molecule has 0 bridgehead atoms. The first-order valence-electron chi connectivity index (χ1n) is 8.54. The predicted octanol–water partition coefficient (Wildman–Crippen LogP) is 0.124. The molecule has 1 aromatic carbocycles. The maximum Gasteiger partial charge on any atom is 0.472 e. The van der Waals surface area contributed by atoms with E-state index in [1.165, 1.54) is 17.2 Å². The van der Waals surface area contributed by atoms with Crippen molar-refractivity contribution in [3.05, 3.63) is 48.5 Å². The van der Waals surface area contributed by atoms with Gasteiger partial charge in [-0.25, -0.2) is 19.5 Å². The highest BCUT2D eigenvalue weighted by atomic mass is 31.2. The summed E-state index contributed by atoms with van der Waals surface area (Å²) >= 11 is 0. The second-order valence-electron chi connectivity index (χ2n) is 6.36. The summed E-state index contributed by atoms with van der Waals surface area (Å²) < 4.78 is 22.1. The van der Waals surface area contributed by atoms with Gasteiger partial charge in [0.05, 0.1) is 6.33 Å². The zero-order chi connectivity index (χ0) is 20.6. The molecule has 1 aliphatic heterocycles. The van der Waals surface area contributed by atoms with Crippen LogP contribution in [0.1, 0.15) is 11.8 Å². The van der Waals surface area contributed by atoms with E-state index >= 15 is 0 Å². The molecule has 13 heteroatoms. The Balaban J connectivity index is 1.58. The third-order valence-corrected chi connectivity index (χ3v) is 4.85. The molecule has 29 heavy (non-hydrogen) atoms. The Bertz CT molecular complexity index is 1040. The number of imidazole rings is 1. The summed E-state index contributed by atoms with van der Waals surface area (Å²) in [6.07, 6.45) is -3.51. The van der Waals surface area contributed by atoms with Crippen molar-refractivity contribution in [3.63, 3.8) is 0 Å². The minimum absolute atomic E-state index is 0.295. The van der Waals surface area contributed by atoms with Gasteiger partial charge in [0.2, 0.25) is 0 Å². The van der Waals surface area contributed by atoms with Crippen LogP contribution < -0.4 is 5.32 Å². The molecule has 154 valence electrons. The second kappa shape index (κ2) is 7.76. The van der Waals surface area contributed by atoms with Crippen LogP contribution in [0.15, 0.2) is 43.0 Å². The number of hydrogen-bond acceptors (Lipinski definition) is 9. The van der Waals surface area contributed by atoms with Gasteiger partial charge in [-0.2, -0.15) is 0 Å². The Labute approximate surface area is 164 Å². The normalized spacial score (nSPS) is 24.8. The molecule has 4 atom stereocenters. The summed E-state index contributed by atoms with van der Waals surface area (Å²) in [6.45, 7) is 0.499. The van der Waals surface area contributed by atoms with E-state index in [0.29, 0.717) is 23.5 Å². The average Bonchev–Trinajstić information content (AvgIpc) is 3.23. The van der Waals surface area contributed by atoms with Gasteiger partial charge in [-0.15, -0.1) is 0 Å². The number of aliphatic hydroxyl groups excluding tert-OH is 2. The number of nitrogens with zero attached hydrogens (tertiary/aromatic N) is 4. The molecule has 5 N–H and O–H groups in total. The average molecular weight is 423 g/mol. The highest BCUT2D eigenvalue weighted by Gasteiger charge is 2.47. The molecule has 3 aromatic rings. The Morgan fingerprint density at radius 2 is 1.90 bits per heavy atom. The molecule has 2 aromatic heterocycles. The van der Waals surface area contributed by atoms with E-state index < -0.39 is 32.5 Å². The van der Waals surface area contributed by atoms with Crippen LogP contribution in [0.25, 0.3) is 11.2 Å². The standard InChI is InChI=1S/C16H18N5O7P/c22-11-12(23)16(28-29(24,25)26)27-15(11)21-8-20-10-13(18-7-19-14(10)21)17-6-9-4-2-1-3-5-9/h1-5,7-8,11-12,15-16,22-23H,6H2,(H,17,18,19)(H2,24,25,26)/t11-,12+,15-,16-/m1/s1. The minimum Gasteiger partial charge on any atom is -0.385 e. The third-order valence-electron chi connectivity index (χ3n) is 4.37. The van der Waals surface area contributed by atoms with Gasteiger partial charge in [-0.1, -0.05) is 30.3 Å². The summed E-state index contributed by atoms with van der Waals surface area (Å²) in [6, 6.07) is 9.66. The number of nitrogens with one attached hydrogen (secondary N) is 1. The quantitative estimate of drug-likeness (QED) is 0.341. The number of aromatic nitrogens is 4. The van der Waals surface area contributed by atoms with Crippen molar-refractivity contribution in [1.29, 1.82) is 0 Å². The zero-order valence-corrected chi connectivity index (χ0v) is 15.7. The summed E-state index contributed by atoms with van der Waals surface area (Å²) in [5.74, 6) is 0.452. The van der Waals surface area contributed by atoms with Gasteiger partial charge in [0, 0.05) is 6.54 Å². The molecule has 0 unspecified atom stereocenters. The fraction of sp³-hybridized carbons (Fsp3) is 0.312. The first-order valence-corrected chi connectivity index (χ1v) is 10.1. The van der Waals surface area contributed by atoms with Crippen molar-refractivity contribution in [2.24, 2.45) is 0 Å². The number of phosphoric acid groups is 1. The van der Waals surface area contributed by atoms with Crippen LogP contribution in [0, 0.1) is 0 Å². The number of hydrogen-bond donors (Lipinski definition) is 5. The Kier molecular flexibility index (Phi) is 5.32. The number of ether oxygens (including phenoxy) is 1. The number of fused-ring (bicyclic) bond motifs is 1. The molecular formula is C16H18N5O7P. The zero-order valence-electron chi connectivity index (χ0n) is 14.8. The van der Waals surface area contributed by atoms with Gasteiger partial charge in [-0.05, 0) is 5.56 Å². The molecule has 0 amide bonds. The fourth-order valence-electron chi connectivity index (χ4n) is 3.03. The maximum absolute atomic E-state index is 11.0. The minimum atomic E-state index is -4.93. The smallest absolute Gasteiger partial charge is 0.385 e. The lowest BCUT2D eigenvalue weighted by molar-refractivity contribution is -0.134. The van der Waals surface area contributed by atoms with Crippen LogP contribution >= 0.6 is 7.82 Å². The first-order chi connectivity index (χ1) is 13.8. The monoisotopic (exact) mass is 423 g/mol. The topological polar surface area (TPSA) is 172 Å². The van der Waals surface area contributed by atoms with E-state index in [0.717, 1.165) is 5.56 Å². The number of rotatable bonds is 6. The SMILES string of the molecule is O=P(O)(O)O[C@H]1O[C@@H](n2cnc3c(NCc4ccccc4)ncnc32)[C@H](O)[C@@H]1O. The van der Waals surface area contributed by atoms with E-state index in [9.17, 15) is 14.8 Å². The van der Waals surface area contributed by atoms with Crippen LogP contribution in [-0.2, 0) is 20.4 Å². The summed E-state index contributed by atoms with van der Waals surface area (Å²) in [5, 5.41) is 23.4. The van der Waals surface area contributed by atoms with Crippen molar-refractivity contribution in [3.8, 4) is 0 Å². The lowest BCUT2D eigenvalue weighted by atomic mass is 10.2. The summed E-state index contributed by atoms with van der Waals surface area (Å²) in [4.78, 5) is 30.4. The van der Waals surface area contributed by atoms with E-state index in [1.54, 1.807) is 0 Å². The van der Waals surface area contributed by atoms with Crippen LogP contribution in [-0.4, -0.2) is 58.0 Å². The van der Waals surface area contributed by atoms with Crippen molar-refractivity contribution < 1.29 is 33.8 Å². The number of benzene rings is 1. The van der Waals surface area contributed by atoms with Gasteiger partial charge >= 0.3 is 7.82 Å². The number of anilines is 1. The van der Waals surface area contributed by atoms with Crippen molar-refractivity contribution in [2.45, 2.75) is 31.3 Å². The Hall–Kier alpha value is -2.44. The lowest BCUT2D eigenvalue weighted by Crippen LogP contribution is -2.32. The fourth-order valence-corrected chi connectivity index (χ4v) is 3.47. The molecule has 0 spiro atoms. The van der Waals surface area contributed by atoms with Gasteiger partial charge in [0.25, 0.3) is 0 Å². The highest BCUT2D eigenvalue weighted by Crippen LogP contribution is 2.43. The number of phosphoric ester groups is 1. The largest absolute Gasteiger partial charge is 0.472 e. The van der Waals surface area contributed by atoms with E-state index in [1.807, 2.05) is 30.3 Å². The van der Waals surface area contributed by atoms with E-state index in [2.05, 4.69) is 24.8 Å². The van der Waals surface area contributed by atoms with Crippen LogP contribution in [0.3, 0.4) is 0 Å². The van der Waals surface area contributed by atoms with Crippen molar-refractivity contribution in [2.75, 3.05) is 5.32 Å². The van der Waals surface area contributed by atoms with Crippen molar-refractivity contribution in [1.82, 2.24) is 19.5 Å². The lowest BCUT2D eigenvalue weighted by Gasteiger charge is -2.16. The molecule has 12 nitrogen and oxygen atoms in total. The summed E-state index contributed by atoms with van der Waals surface area (Å²) in [5.41, 5.74) is 1.73. The first kappa shape index (κ1) is 19.9. The summed E-state index contributed by atoms with van der Waals surface area (Å²) in [7, 11) is -4.93. The van der Waals surface area contributed by atoms with Gasteiger partial charge in [-0.3, -0.25) is 9.09 Å². The third kappa shape index (κ3) is 4.14. The molecule has 1 fully saturated rings. The molecule has 4 rings (SSSR count). The van der Waals surface area contributed by atoms with Gasteiger partial charge in [0.1, 0.15) is 18.5 Å². The molecule has 0 aliphatic carbocycles. The van der Waals surface area contributed by atoms with E-state index in [-0.39, 0.29) is 0 Å². The molecule has 0 saturated carbocycles. The van der Waals surface area contributed by atoms with Crippen LogP contribution in [0.2, 0.25) is 0 Å². The molecule has 0 radical (unpaired) electrons. The maximum atomic E-state index is 11.0. The molecular weight excluding hydrogens is 405 g/mol. The Morgan fingerprint density at radius 3 is 2.62 bits per heavy atom. The van der Waals surface area contributed by atoms with E-state index in [4.69, 9.17) is 14.5 Å². The van der Waals surface area contributed by atoms with Crippen LogP contribution in [0.4, 0.5) is 5.82 Å².